The zero-order chi connectivity index (χ0) is 25.5. The summed E-state index contributed by atoms with van der Waals surface area (Å²) in [6, 6.07) is 10.8. The van der Waals surface area contributed by atoms with Crippen molar-refractivity contribution >= 4 is 23.3 Å². The summed E-state index contributed by atoms with van der Waals surface area (Å²) < 4.78 is 16.8. The van der Waals surface area contributed by atoms with Crippen LogP contribution in [0.3, 0.4) is 0 Å². The van der Waals surface area contributed by atoms with Crippen molar-refractivity contribution in [3.8, 4) is 11.8 Å². The van der Waals surface area contributed by atoms with Crippen LogP contribution in [-0.4, -0.2) is 61.8 Å². The van der Waals surface area contributed by atoms with Crippen LogP contribution >= 0.6 is 11.6 Å². The molecule has 2 aliphatic rings. The number of aromatic nitrogens is 2. The summed E-state index contributed by atoms with van der Waals surface area (Å²) in [5.41, 5.74) is 0.747. The molecule has 2 heterocycles. The first-order valence-electron chi connectivity index (χ1n) is 12.3. The fraction of sp³-hybridized carbons (Fsp3) is 0.538. The summed E-state index contributed by atoms with van der Waals surface area (Å²) in [6.45, 7) is 1.68. The van der Waals surface area contributed by atoms with Gasteiger partial charge in [0.25, 0.3) is 5.91 Å². The smallest absolute Gasteiger partial charge is 0.272 e. The van der Waals surface area contributed by atoms with E-state index in [0.717, 1.165) is 57.4 Å². The van der Waals surface area contributed by atoms with E-state index in [1.165, 1.54) is 0 Å². The van der Waals surface area contributed by atoms with E-state index in [-0.39, 0.29) is 24.3 Å². The van der Waals surface area contributed by atoms with E-state index in [4.69, 9.17) is 31.1 Å². The molecular weight excluding hydrogens is 482 g/mol. The molecule has 0 atom stereocenters. The number of carbonyl (C=O) groups is 1. The van der Waals surface area contributed by atoms with Crippen molar-refractivity contribution in [3.63, 3.8) is 0 Å². The lowest BCUT2D eigenvalue weighted by Crippen LogP contribution is -2.40. The molecule has 0 radical (unpaired) electrons. The number of benzene rings is 1. The van der Waals surface area contributed by atoms with Gasteiger partial charge in [-0.25, -0.2) is 0 Å². The second-order valence-electron chi connectivity index (χ2n) is 9.26. The molecule has 192 valence electrons. The van der Waals surface area contributed by atoms with E-state index in [9.17, 15) is 4.79 Å². The van der Waals surface area contributed by atoms with Crippen molar-refractivity contribution in [2.75, 3.05) is 32.2 Å². The van der Waals surface area contributed by atoms with Gasteiger partial charge in [-0.05, 0) is 62.8 Å². The third kappa shape index (κ3) is 6.44. The zero-order valence-electron chi connectivity index (χ0n) is 20.7. The number of hydrogen-bond acceptors (Lipinski definition) is 8. The van der Waals surface area contributed by atoms with Crippen LogP contribution in [-0.2, 0) is 9.47 Å². The number of ether oxygens (including phenoxy) is 3. The summed E-state index contributed by atoms with van der Waals surface area (Å²) in [7, 11) is 3.34. The lowest BCUT2D eigenvalue weighted by atomic mass is 9.93. The molecule has 0 bridgehead atoms. The number of anilines is 1. The summed E-state index contributed by atoms with van der Waals surface area (Å²) in [5.74, 6) is 1.58. The molecule has 1 amide bonds. The van der Waals surface area contributed by atoms with Gasteiger partial charge in [-0.15, -0.1) is 10.2 Å². The molecule has 2 aromatic rings. The Morgan fingerprint density at radius 3 is 2.39 bits per heavy atom. The average Bonchev–Trinajstić information content (AvgIpc) is 2.91. The molecule has 1 N–H and O–H groups in total. The number of halogens is 1. The third-order valence-electron chi connectivity index (χ3n) is 6.97. The van der Waals surface area contributed by atoms with E-state index in [0.29, 0.717) is 27.9 Å². The van der Waals surface area contributed by atoms with Crippen molar-refractivity contribution in [3.05, 3.63) is 46.6 Å². The van der Waals surface area contributed by atoms with Crippen molar-refractivity contribution in [2.24, 2.45) is 5.92 Å². The van der Waals surface area contributed by atoms with Crippen molar-refractivity contribution in [1.29, 1.82) is 5.26 Å². The lowest BCUT2D eigenvalue weighted by molar-refractivity contribution is -0.141. The molecule has 1 saturated carbocycles. The minimum atomic E-state index is -0.209. The molecule has 0 spiro atoms. The van der Waals surface area contributed by atoms with Crippen molar-refractivity contribution in [1.82, 2.24) is 15.5 Å². The highest BCUT2D eigenvalue weighted by Crippen LogP contribution is 2.28. The van der Waals surface area contributed by atoms with Gasteiger partial charge in [0.2, 0.25) is 0 Å². The van der Waals surface area contributed by atoms with Crippen LogP contribution in [0, 0.1) is 17.2 Å². The number of rotatable bonds is 8. The summed E-state index contributed by atoms with van der Waals surface area (Å²) in [5, 5.41) is 21.0. The second kappa shape index (κ2) is 12.3. The van der Waals surface area contributed by atoms with Crippen LogP contribution in [0.5, 0.6) is 5.75 Å². The standard InChI is InChI=1S/C26H32ClN5O4/c1-34-26(35-2)17-11-13-32(14-12-17)24-10-9-23(30-31-24)25(33)29-19-4-7-20(8-5-19)36-21-6-3-18(16-28)22(27)15-21/h3,6,9-10,15,17,19-20,26H,4-5,7-8,11-14H2,1-2H3,(H,29,33)/t19-,20-. The van der Waals surface area contributed by atoms with Crippen LogP contribution < -0.4 is 15.0 Å². The number of nitriles is 1. The monoisotopic (exact) mass is 513 g/mol. The molecule has 2 fully saturated rings. The molecule has 1 aromatic carbocycles. The quantitative estimate of drug-likeness (QED) is 0.528. The second-order valence-corrected chi connectivity index (χ2v) is 9.67. The van der Waals surface area contributed by atoms with Crippen LogP contribution in [0.25, 0.3) is 0 Å². The number of piperidine rings is 1. The average molecular weight is 514 g/mol. The molecular formula is C26H32ClN5O4. The van der Waals surface area contributed by atoms with E-state index < -0.39 is 0 Å². The first-order chi connectivity index (χ1) is 17.5. The molecule has 1 aliphatic carbocycles. The number of hydrogen-bond donors (Lipinski definition) is 1. The van der Waals surface area contributed by atoms with Gasteiger partial charge < -0.3 is 24.4 Å². The van der Waals surface area contributed by atoms with Gasteiger partial charge in [-0.3, -0.25) is 4.79 Å². The minimum absolute atomic E-state index is 0.0495. The van der Waals surface area contributed by atoms with E-state index in [1.54, 1.807) is 38.5 Å². The number of methoxy groups -OCH3 is 2. The molecule has 1 aromatic heterocycles. The normalized spacial score (nSPS) is 20.7. The van der Waals surface area contributed by atoms with Gasteiger partial charge in [0.1, 0.15) is 11.8 Å². The van der Waals surface area contributed by atoms with Gasteiger partial charge in [0.15, 0.2) is 17.8 Å². The van der Waals surface area contributed by atoms with Crippen molar-refractivity contribution < 1.29 is 19.0 Å². The fourth-order valence-corrected chi connectivity index (χ4v) is 5.15. The Balaban J connectivity index is 1.22. The minimum Gasteiger partial charge on any atom is -0.490 e. The maximum Gasteiger partial charge on any atom is 0.272 e. The molecule has 10 heteroatoms. The van der Waals surface area contributed by atoms with Crippen LogP contribution in [0.1, 0.15) is 54.6 Å². The molecule has 4 rings (SSSR count). The first-order valence-corrected chi connectivity index (χ1v) is 12.7. The molecule has 9 nitrogen and oxygen atoms in total. The molecule has 0 unspecified atom stereocenters. The van der Waals surface area contributed by atoms with E-state index in [2.05, 4.69) is 20.4 Å². The van der Waals surface area contributed by atoms with Gasteiger partial charge in [-0.1, -0.05) is 11.6 Å². The largest absolute Gasteiger partial charge is 0.490 e. The highest BCUT2D eigenvalue weighted by Gasteiger charge is 2.28. The highest BCUT2D eigenvalue weighted by atomic mass is 35.5. The molecule has 1 aliphatic heterocycles. The van der Waals surface area contributed by atoms with E-state index in [1.807, 2.05) is 12.1 Å². The molecule has 1 saturated heterocycles. The third-order valence-corrected chi connectivity index (χ3v) is 7.28. The highest BCUT2D eigenvalue weighted by molar-refractivity contribution is 6.31. The summed E-state index contributed by atoms with van der Waals surface area (Å²) in [6.07, 6.45) is 5.01. The molecule has 36 heavy (non-hydrogen) atoms. The first kappa shape index (κ1) is 26.1. The Morgan fingerprint density at radius 2 is 1.81 bits per heavy atom. The van der Waals surface area contributed by atoms with Crippen molar-refractivity contribution in [2.45, 2.75) is 57.0 Å². The zero-order valence-corrected chi connectivity index (χ0v) is 21.4. The van der Waals surface area contributed by atoms with Crippen LogP contribution in [0.4, 0.5) is 5.82 Å². The number of nitrogens with zero attached hydrogens (tertiary/aromatic N) is 4. The fourth-order valence-electron chi connectivity index (χ4n) is 4.93. The van der Waals surface area contributed by atoms with Crippen LogP contribution in [0.15, 0.2) is 30.3 Å². The Hall–Kier alpha value is -2.93. The lowest BCUT2D eigenvalue weighted by Gasteiger charge is -2.35. The Labute approximate surface area is 216 Å². The van der Waals surface area contributed by atoms with Gasteiger partial charge in [-0.2, -0.15) is 5.26 Å². The maximum atomic E-state index is 12.7. The number of carbonyl (C=O) groups excluding carboxylic acids is 1. The Morgan fingerprint density at radius 1 is 1.08 bits per heavy atom. The number of nitrogens with one attached hydrogen (secondary N) is 1. The van der Waals surface area contributed by atoms with Gasteiger partial charge >= 0.3 is 0 Å². The summed E-state index contributed by atoms with van der Waals surface area (Å²) >= 11 is 6.09. The summed E-state index contributed by atoms with van der Waals surface area (Å²) in [4.78, 5) is 14.9. The number of amides is 1. The Kier molecular flexibility index (Phi) is 8.97. The predicted molar refractivity (Wildman–Crippen MR) is 135 cm³/mol. The van der Waals surface area contributed by atoms with Gasteiger partial charge in [0, 0.05) is 45.3 Å². The maximum absolute atomic E-state index is 12.7. The predicted octanol–water partition coefficient (Wildman–Crippen LogP) is 3.96. The van der Waals surface area contributed by atoms with Crippen LogP contribution in [0.2, 0.25) is 5.02 Å². The Bertz CT molecular complexity index is 1060. The van der Waals surface area contributed by atoms with E-state index >= 15 is 0 Å². The van der Waals surface area contributed by atoms with Gasteiger partial charge in [0.05, 0.1) is 16.7 Å². The SMILES string of the molecule is COC(OC)C1CCN(c2ccc(C(=O)N[C@H]3CC[C@H](Oc4ccc(C#N)c(Cl)c4)CC3)nn2)CC1. The topological polar surface area (TPSA) is 110 Å².